The molecule has 3 rings (SSSR count). The number of carbonyl (C=O) groups excluding carboxylic acids is 1. The molecule has 0 saturated carbocycles. The van der Waals surface area contributed by atoms with Gasteiger partial charge in [0.2, 0.25) is 5.91 Å². The predicted molar refractivity (Wildman–Crippen MR) is 98.1 cm³/mol. The molecule has 1 fully saturated rings. The molecule has 5 heteroatoms. The summed E-state index contributed by atoms with van der Waals surface area (Å²) in [5.41, 5.74) is 1.64. The van der Waals surface area contributed by atoms with E-state index < -0.39 is 0 Å². The lowest BCUT2D eigenvalue weighted by Gasteiger charge is -2.40. The van der Waals surface area contributed by atoms with Crippen molar-refractivity contribution in [2.75, 3.05) is 45.2 Å². The highest BCUT2D eigenvalue weighted by atomic mass is 19.1. The quantitative estimate of drug-likeness (QED) is 0.856. The molecule has 1 unspecified atom stereocenters. The van der Waals surface area contributed by atoms with Crippen molar-refractivity contribution in [2.45, 2.75) is 6.04 Å². The molecule has 1 aliphatic rings. The van der Waals surface area contributed by atoms with Crippen LogP contribution in [0.2, 0.25) is 0 Å². The van der Waals surface area contributed by atoms with Crippen LogP contribution in [0.4, 0.5) is 10.1 Å². The molecule has 0 radical (unpaired) electrons. The number of piperazine rings is 1. The highest BCUT2D eigenvalue weighted by molar-refractivity contribution is 5.83. The van der Waals surface area contributed by atoms with Crippen molar-refractivity contribution in [1.82, 2.24) is 9.80 Å². The Hall–Kier alpha value is -2.40. The summed E-state index contributed by atoms with van der Waals surface area (Å²) in [4.78, 5) is 18.6. The number of likely N-dealkylation sites (N-methyl/N-ethyl adjacent to an activating group) is 1. The minimum atomic E-state index is -0.293. The largest absolute Gasteiger partial charge is 0.367 e. The Bertz CT molecular complexity index is 712. The molecule has 0 aromatic heterocycles. The van der Waals surface area contributed by atoms with Gasteiger partial charge in [-0.25, -0.2) is 4.39 Å². The maximum absolute atomic E-state index is 14.0. The smallest absolute Gasteiger partial charge is 0.244 e. The number of rotatable bonds is 4. The van der Waals surface area contributed by atoms with Crippen LogP contribution in [0.1, 0.15) is 11.6 Å². The van der Waals surface area contributed by atoms with Gasteiger partial charge in [-0.3, -0.25) is 9.69 Å². The van der Waals surface area contributed by atoms with E-state index in [1.165, 1.54) is 6.07 Å². The van der Waals surface area contributed by atoms with Crippen LogP contribution >= 0.6 is 0 Å². The van der Waals surface area contributed by atoms with Crippen molar-refractivity contribution in [2.24, 2.45) is 0 Å². The van der Waals surface area contributed by atoms with E-state index in [9.17, 15) is 9.18 Å². The first kappa shape index (κ1) is 17.4. The fourth-order valence-corrected chi connectivity index (χ4v) is 3.32. The van der Waals surface area contributed by atoms with E-state index in [-0.39, 0.29) is 17.8 Å². The van der Waals surface area contributed by atoms with Gasteiger partial charge in [-0.1, -0.05) is 42.5 Å². The molecule has 1 aliphatic heterocycles. The normalized spacial score (nSPS) is 16.5. The third-order valence-corrected chi connectivity index (χ3v) is 4.66. The second-order valence-electron chi connectivity index (χ2n) is 6.52. The first-order chi connectivity index (χ1) is 12.1. The molecular formula is C20H24FN3O. The zero-order valence-corrected chi connectivity index (χ0v) is 14.7. The fourth-order valence-electron chi connectivity index (χ4n) is 3.32. The molecule has 0 bridgehead atoms. The molecule has 4 nitrogen and oxygen atoms in total. The third-order valence-electron chi connectivity index (χ3n) is 4.66. The zero-order valence-electron chi connectivity index (χ0n) is 14.7. The van der Waals surface area contributed by atoms with Gasteiger partial charge in [-0.05, 0) is 17.7 Å². The van der Waals surface area contributed by atoms with Gasteiger partial charge < -0.3 is 9.80 Å². The molecule has 2 aromatic rings. The van der Waals surface area contributed by atoms with E-state index in [1.54, 1.807) is 25.1 Å². The summed E-state index contributed by atoms with van der Waals surface area (Å²) in [5, 5.41) is 0. The van der Waals surface area contributed by atoms with Crippen molar-refractivity contribution in [3.05, 3.63) is 66.0 Å². The Kier molecular flexibility index (Phi) is 5.34. The van der Waals surface area contributed by atoms with Gasteiger partial charge in [0.05, 0.1) is 5.69 Å². The molecule has 1 amide bonds. The average molecular weight is 341 g/mol. The van der Waals surface area contributed by atoms with Crippen molar-refractivity contribution < 1.29 is 9.18 Å². The molecule has 1 heterocycles. The summed E-state index contributed by atoms with van der Waals surface area (Å²) in [5.74, 6) is -0.120. The highest BCUT2D eigenvalue weighted by Gasteiger charge is 2.31. The number of amides is 1. The number of nitrogens with zero attached hydrogens (tertiary/aromatic N) is 3. The Balaban J connectivity index is 1.76. The molecule has 0 spiro atoms. The predicted octanol–water partition coefficient (Wildman–Crippen LogP) is 2.78. The summed E-state index contributed by atoms with van der Waals surface area (Å²) in [6.07, 6.45) is 0. The number of hydrogen-bond donors (Lipinski definition) is 0. The van der Waals surface area contributed by atoms with Crippen LogP contribution in [0.5, 0.6) is 0 Å². The minimum absolute atomic E-state index is 0.0746. The summed E-state index contributed by atoms with van der Waals surface area (Å²) < 4.78 is 14.0. The van der Waals surface area contributed by atoms with E-state index in [0.29, 0.717) is 31.9 Å². The maximum Gasteiger partial charge on any atom is 0.244 e. The van der Waals surface area contributed by atoms with Gasteiger partial charge in [-0.2, -0.15) is 0 Å². The third kappa shape index (κ3) is 3.82. The van der Waals surface area contributed by atoms with Crippen LogP contribution in [0.3, 0.4) is 0 Å². The monoisotopic (exact) mass is 341 g/mol. The van der Waals surface area contributed by atoms with Crippen LogP contribution in [0.25, 0.3) is 0 Å². The van der Waals surface area contributed by atoms with E-state index in [0.717, 1.165) is 5.56 Å². The fraction of sp³-hybridized carbons (Fsp3) is 0.350. The second-order valence-corrected chi connectivity index (χ2v) is 6.52. The second kappa shape index (κ2) is 7.66. The van der Waals surface area contributed by atoms with Gasteiger partial charge in [0.1, 0.15) is 11.9 Å². The van der Waals surface area contributed by atoms with E-state index >= 15 is 0 Å². The lowest BCUT2D eigenvalue weighted by Crippen LogP contribution is -2.51. The Morgan fingerprint density at radius 3 is 2.16 bits per heavy atom. The average Bonchev–Trinajstić information content (AvgIpc) is 2.64. The zero-order chi connectivity index (χ0) is 17.8. The molecule has 1 saturated heterocycles. The summed E-state index contributed by atoms with van der Waals surface area (Å²) >= 11 is 0. The van der Waals surface area contributed by atoms with Crippen molar-refractivity contribution in [3.63, 3.8) is 0 Å². The van der Waals surface area contributed by atoms with Gasteiger partial charge in [0, 0.05) is 40.3 Å². The lowest BCUT2D eigenvalue weighted by molar-refractivity contribution is -0.134. The lowest BCUT2D eigenvalue weighted by atomic mass is 10.0. The van der Waals surface area contributed by atoms with Gasteiger partial charge in [0.15, 0.2) is 0 Å². The summed E-state index contributed by atoms with van der Waals surface area (Å²) in [6.45, 7) is 2.83. The van der Waals surface area contributed by atoms with Crippen molar-refractivity contribution in [3.8, 4) is 0 Å². The minimum Gasteiger partial charge on any atom is -0.367 e. The first-order valence-electron chi connectivity index (χ1n) is 8.57. The highest BCUT2D eigenvalue weighted by Crippen LogP contribution is 2.26. The Labute approximate surface area is 148 Å². The number of halogens is 1. The van der Waals surface area contributed by atoms with Crippen LogP contribution in [-0.4, -0.2) is 56.0 Å². The standard InChI is InChI=1S/C20H24FN3O/c1-22(2)20(25)19(16-8-4-3-5-9-16)24-14-12-23(13-15-24)18-11-7-6-10-17(18)21/h3-11,19H,12-15H2,1-2H3. The van der Waals surface area contributed by atoms with E-state index in [4.69, 9.17) is 0 Å². The van der Waals surface area contributed by atoms with Crippen LogP contribution in [-0.2, 0) is 4.79 Å². The van der Waals surface area contributed by atoms with Gasteiger partial charge >= 0.3 is 0 Å². The molecular weight excluding hydrogens is 317 g/mol. The number of benzene rings is 2. The van der Waals surface area contributed by atoms with Crippen molar-refractivity contribution >= 4 is 11.6 Å². The Morgan fingerprint density at radius 2 is 1.56 bits per heavy atom. The summed E-state index contributed by atoms with van der Waals surface area (Å²) in [7, 11) is 3.57. The van der Waals surface area contributed by atoms with Crippen LogP contribution in [0, 0.1) is 5.82 Å². The van der Waals surface area contributed by atoms with Gasteiger partial charge in [-0.15, -0.1) is 0 Å². The molecule has 1 atom stereocenters. The maximum atomic E-state index is 14.0. The molecule has 0 N–H and O–H groups in total. The van der Waals surface area contributed by atoms with Crippen LogP contribution in [0.15, 0.2) is 54.6 Å². The number of para-hydroxylation sites is 1. The van der Waals surface area contributed by atoms with E-state index in [2.05, 4.69) is 4.90 Å². The summed E-state index contributed by atoms with van der Waals surface area (Å²) in [6, 6.07) is 16.4. The van der Waals surface area contributed by atoms with Crippen LogP contribution < -0.4 is 4.90 Å². The molecule has 132 valence electrons. The Morgan fingerprint density at radius 1 is 0.960 bits per heavy atom. The SMILES string of the molecule is CN(C)C(=O)C(c1ccccc1)N1CCN(c2ccccc2F)CC1. The topological polar surface area (TPSA) is 26.8 Å². The van der Waals surface area contributed by atoms with E-state index in [1.807, 2.05) is 47.4 Å². The number of anilines is 1. The number of hydrogen-bond acceptors (Lipinski definition) is 3. The molecule has 2 aromatic carbocycles. The molecule has 0 aliphatic carbocycles. The number of carbonyl (C=O) groups is 1. The first-order valence-corrected chi connectivity index (χ1v) is 8.57. The van der Waals surface area contributed by atoms with Crippen molar-refractivity contribution in [1.29, 1.82) is 0 Å². The van der Waals surface area contributed by atoms with Gasteiger partial charge in [0.25, 0.3) is 0 Å². The molecule has 25 heavy (non-hydrogen) atoms.